The number of methoxy groups -OCH3 is 1. The number of ether oxygens (including phenoxy) is 3. The zero-order valence-electron chi connectivity index (χ0n) is 15.6. The highest BCUT2D eigenvalue weighted by Crippen LogP contribution is 2.30. The first-order chi connectivity index (χ1) is 12.6. The van der Waals surface area contributed by atoms with Gasteiger partial charge in [0, 0.05) is 25.8 Å². The van der Waals surface area contributed by atoms with Crippen molar-refractivity contribution in [2.24, 2.45) is 0 Å². The Hall–Kier alpha value is -1.21. The smallest absolute Gasteiger partial charge is 0.257 e. The number of nitrogens with zero attached hydrogens (tertiary/aromatic N) is 1. The van der Waals surface area contributed by atoms with Gasteiger partial charge >= 0.3 is 0 Å². The number of anilines is 1. The minimum atomic E-state index is -0.0854. The van der Waals surface area contributed by atoms with Crippen molar-refractivity contribution in [2.75, 3.05) is 39.1 Å². The van der Waals surface area contributed by atoms with Crippen molar-refractivity contribution in [1.29, 1.82) is 0 Å². The molecule has 1 aromatic rings. The molecule has 1 amide bonds. The fourth-order valence-corrected chi connectivity index (χ4v) is 3.65. The number of carbonyl (C=O) groups excluding carboxylic acids is 1. The van der Waals surface area contributed by atoms with E-state index in [0.717, 1.165) is 32.3 Å². The van der Waals surface area contributed by atoms with Crippen LogP contribution in [0.15, 0.2) is 12.1 Å². The highest BCUT2D eigenvalue weighted by molar-refractivity contribution is 6.33. The van der Waals surface area contributed by atoms with E-state index in [2.05, 4.69) is 0 Å². The van der Waals surface area contributed by atoms with E-state index >= 15 is 0 Å². The predicted octanol–water partition coefficient (Wildman–Crippen LogP) is 3.54. The first-order valence-corrected chi connectivity index (χ1v) is 9.61. The van der Waals surface area contributed by atoms with Gasteiger partial charge in [0.1, 0.15) is 5.75 Å². The maximum atomic E-state index is 12.8. The van der Waals surface area contributed by atoms with Crippen LogP contribution in [0.5, 0.6) is 5.75 Å². The van der Waals surface area contributed by atoms with Gasteiger partial charge in [0.05, 0.1) is 42.2 Å². The molecule has 0 saturated carbocycles. The van der Waals surface area contributed by atoms with Crippen LogP contribution in [0.4, 0.5) is 5.69 Å². The molecule has 3 rings (SSSR count). The molecule has 2 aliphatic rings. The summed E-state index contributed by atoms with van der Waals surface area (Å²) in [5, 5.41) is 0.361. The summed E-state index contributed by atoms with van der Waals surface area (Å²) >= 11 is 6.08. The Morgan fingerprint density at radius 3 is 2.67 bits per heavy atom. The number of rotatable bonds is 5. The molecular formula is C19H28Cl2N2O4. The third kappa shape index (κ3) is 5.64. The molecule has 0 radical (unpaired) electrons. The number of hydrogen-bond acceptors (Lipinski definition) is 5. The number of nitrogen functional groups attached to an aromatic ring is 1. The topological polar surface area (TPSA) is 74.0 Å². The zero-order chi connectivity index (χ0) is 18.5. The quantitative estimate of drug-likeness (QED) is 0.739. The van der Waals surface area contributed by atoms with Crippen LogP contribution in [0.3, 0.4) is 0 Å². The molecular weight excluding hydrogens is 391 g/mol. The molecule has 2 aliphatic heterocycles. The Morgan fingerprint density at radius 1 is 1.30 bits per heavy atom. The number of amides is 1. The highest BCUT2D eigenvalue weighted by atomic mass is 35.5. The Balaban J connectivity index is 0.00000261. The summed E-state index contributed by atoms with van der Waals surface area (Å²) in [6, 6.07) is 3.18. The van der Waals surface area contributed by atoms with E-state index in [1.807, 2.05) is 4.90 Å². The summed E-state index contributed by atoms with van der Waals surface area (Å²) in [5.41, 5.74) is 6.64. The average Bonchev–Trinajstić information content (AvgIpc) is 2.68. The molecule has 8 heteroatoms. The van der Waals surface area contributed by atoms with Crippen molar-refractivity contribution < 1.29 is 19.0 Å². The van der Waals surface area contributed by atoms with Gasteiger partial charge in [-0.2, -0.15) is 0 Å². The lowest BCUT2D eigenvalue weighted by molar-refractivity contribution is -0.0733. The minimum absolute atomic E-state index is 0. The van der Waals surface area contributed by atoms with Crippen LogP contribution >= 0.6 is 24.0 Å². The van der Waals surface area contributed by atoms with Crippen LogP contribution in [-0.2, 0) is 9.47 Å². The molecule has 2 heterocycles. The minimum Gasteiger partial charge on any atom is -0.496 e. The molecule has 6 nitrogen and oxygen atoms in total. The molecule has 2 saturated heterocycles. The summed E-state index contributed by atoms with van der Waals surface area (Å²) in [6.07, 6.45) is 5.50. The second-order valence-electron chi connectivity index (χ2n) is 6.89. The normalized spacial score (nSPS) is 20.8. The van der Waals surface area contributed by atoms with Gasteiger partial charge in [-0.3, -0.25) is 4.79 Å². The Bertz CT molecular complexity index is 630. The van der Waals surface area contributed by atoms with Gasteiger partial charge in [-0.1, -0.05) is 11.6 Å². The molecule has 0 bridgehead atoms. The van der Waals surface area contributed by atoms with Crippen molar-refractivity contribution in [3.8, 4) is 5.75 Å². The van der Waals surface area contributed by atoms with Crippen molar-refractivity contribution in [1.82, 2.24) is 4.90 Å². The maximum Gasteiger partial charge on any atom is 0.257 e. The summed E-state index contributed by atoms with van der Waals surface area (Å²) in [6.45, 7) is 2.80. The van der Waals surface area contributed by atoms with Crippen LogP contribution in [-0.4, -0.2) is 56.4 Å². The van der Waals surface area contributed by atoms with E-state index in [-0.39, 0.29) is 30.5 Å². The van der Waals surface area contributed by atoms with Crippen LogP contribution < -0.4 is 10.5 Å². The van der Waals surface area contributed by atoms with Crippen LogP contribution in [0.1, 0.15) is 42.5 Å². The fourth-order valence-electron chi connectivity index (χ4n) is 3.48. The van der Waals surface area contributed by atoms with Gasteiger partial charge in [-0.25, -0.2) is 0 Å². The first kappa shape index (κ1) is 22.1. The third-order valence-corrected chi connectivity index (χ3v) is 5.40. The summed E-state index contributed by atoms with van der Waals surface area (Å²) in [7, 11) is 1.52. The molecule has 1 atom stereocenters. The lowest BCUT2D eigenvalue weighted by Crippen LogP contribution is -2.41. The first-order valence-electron chi connectivity index (χ1n) is 9.24. The second kappa shape index (κ2) is 10.4. The van der Waals surface area contributed by atoms with E-state index < -0.39 is 0 Å². The number of carbonyl (C=O) groups is 1. The SMILES string of the molecule is COc1cc(N)c(Cl)cc1C(=O)N1CCC(OCC2CCCCO2)CC1.Cl. The fraction of sp³-hybridized carbons (Fsp3) is 0.632. The van der Waals surface area contributed by atoms with E-state index in [9.17, 15) is 4.79 Å². The molecule has 0 spiro atoms. The number of benzene rings is 1. The van der Waals surface area contributed by atoms with Crippen LogP contribution in [0.2, 0.25) is 5.02 Å². The molecule has 27 heavy (non-hydrogen) atoms. The van der Waals surface area contributed by atoms with Gasteiger partial charge in [-0.15, -0.1) is 12.4 Å². The Labute approximate surface area is 171 Å². The van der Waals surface area contributed by atoms with Crippen LogP contribution in [0, 0.1) is 0 Å². The van der Waals surface area contributed by atoms with Gasteiger partial charge < -0.3 is 24.8 Å². The summed E-state index contributed by atoms with van der Waals surface area (Å²) < 4.78 is 17.0. The van der Waals surface area contributed by atoms with Crippen molar-refractivity contribution in [3.63, 3.8) is 0 Å². The van der Waals surface area contributed by atoms with Crippen LogP contribution in [0.25, 0.3) is 0 Å². The van der Waals surface area contributed by atoms with Gasteiger partial charge in [0.25, 0.3) is 5.91 Å². The van der Waals surface area contributed by atoms with Crippen molar-refractivity contribution in [3.05, 3.63) is 22.7 Å². The van der Waals surface area contributed by atoms with Gasteiger partial charge in [0.2, 0.25) is 0 Å². The van der Waals surface area contributed by atoms with E-state index in [1.165, 1.54) is 13.5 Å². The molecule has 1 aromatic carbocycles. The molecule has 2 fully saturated rings. The summed E-state index contributed by atoms with van der Waals surface area (Å²) in [5.74, 6) is 0.363. The maximum absolute atomic E-state index is 12.8. The van der Waals surface area contributed by atoms with E-state index in [1.54, 1.807) is 12.1 Å². The number of likely N-dealkylation sites (tertiary alicyclic amines) is 1. The number of nitrogens with two attached hydrogens (primary N) is 1. The lowest BCUT2D eigenvalue weighted by atomic mass is 10.0. The molecule has 0 aliphatic carbocycles. The standard InChI is InChI=1S/C19H27ClN2O4.ClH/c1-24-18-11-17(21)16(20)10-15(18)19(23)22-7-5-13(6-8-22)26-12-14-4-2-3-9-25-14;/h10-11,13-14H,2-9,12,21H2,1H3;1H. The number of piperidine rings is 1. The molecule has 0 aromatic heterocycles. The average molecular weight is 419 g/mol. The Kier molecular flexibility index (Phi) is 8.48. The largest absolute Gasteiger partial charge is 0.496 e. The monoisotopic (exact) mass is 418 g/mol. The van der Waals surface area contributed by atoms with Crippen molar-refractivity contribution >= 4 is 35.6 Å². The number of halogens is 2. The number of hydrogen-bond donors (Lipinski definition) is 1. The summed E-state index contributed by atoms with van der Waals surface area (Å²) in [4.78, 5) is 14.7. The predicted molar refractivity (Wildman–Crippen MR) is 108 cm³/mol. The van der Waals surface area contributed by atoms with Crippen molar-refractivity contribution in [2.45, 2.75) is 44.3 Å². The Morgan fingerprint density at radius 2 is 2.04 bits per heavy atom. The second-order valence-corrected chi connectivity index (χ2v) is 7.29. The third-order valence-electron chi connectivity index (χ3n) is 5.07. The molecule has 2 N–H and O–H groups in total. The lowest BCUT2D eigenvalue weighted by Gasteiger charge is -2.33. The van der Waals surface area contributed by atoms with Gasteiger partial charge in [-0.05, 0) is 38.2 Å². The molecule has 1 unspecified atom stereocenters. The molecule has 152 valence electrons. The van der Waals surface area contributed by atoms with E-state index in [0.29, 0.717) is 41.7 Å². The van der Waals surface area contributed by atoms with E-state index in [4.69, 9.17) is 31.5 Å². The highest BCUT2D eigenvalue weighted by Gasteiger charge is 2.27. The zero-order valence-corrected chi connectivity index (χ0v) is 17.2. The van der Waals surface area contributed by atoms with Gasteiger partial charge in [0.15, 0.2) is 0 Å².